The molecule has 2 spiro atoms. The van der Waals surface area contributed by atoms with Gasteiger partial charge in [0.15, 0.2) is 11.5 Å². The molecule has 0 amide bonds. The minimum absolute atomic E-state index is 0.0995. The molecule has 2 aliphatic heterocycles. The number of methoxy groups -OCH3 is 1. The summed E-state index contributed by atoms with van der Waals surface area (Å²) in [5.74, 6) is 1.90. The second-order valence-corrected chi connectivity index (χ2v) is 12.9. The number of likely N-dealkylation sites (tertiary alicyclic amines) is 1. The van der Waals surface area contributed by atoms with Gasteiger partial charge in [0, 0.05) is 47.1 Å². The van der Waals surface area contributed by atoms with Crippen molar-refractivity contribution in [2.75, 3.05) is 26.8 Å². The van der Waals surface area contributed by atoms with Gasteiger partial charge in [-0.3, -0.25) is 4.90 Å². The Balaban J connectivity index is 1.27. The highest BCUT2D eigenvalue weighted by molar-refractivity contribution is 5.63. The van der Waals surface area contributed by atoms with Crippen LogP contribution in [0.5, 0.6) is 11.5 Å². The summed E-state index contributed by atoms with van der Waals surface area (Å²) < 4.78 is 25.3. The molecule has 1 saturated heterocycles. The van der Waals surface area contributed by atoms with Gasteiger partial charge in [-0.05, 0) is 75.1 Å². The highest BCUT2D eigenvalue weighted by Crippen LogP contribution is 2.79. The van der Waals surface area contributed by atoms with E-state index in [1.165, 1.54) is 30.5 Å². The van der Waals surface area contributed by atoms with Gasteiger partial charge in [0.05, 0.1) is 25.7 Å². The molecule has 9 rings (SSSR count). The Kier molecular flexibility index (Phi) is 4.33. The molecule has 1 unspecified atom stereocenters. The maximum absolute atomic E-state index is 11.0. The minimum Gasteiger partial charge on any atom is -0.504 e. The van der Waals surface area contributed by atoms with Gasteiger partial charge >= 0.3 is 0 Å². The fourth-order valence-corrected chi connectivity index (χ4v) is 9.91. The molecule has 1 aromatic carbocycles. The maximum atomic E-state index is 11.0. The molecule has 5 aliphatic carbocycles. The summed E-state index contributed by atoms with van der Waals surface area (Å²) in [6.07, 6.45) is 11.5. The Morgan fingerprint density at radius 3 is 2.83 bits per heavy atom. The van der Waals surface area contributed by atoms with E-state index >= 15 is 0 Å². The van der Waals surface area contributed by atoms with E-state index in [-0.39, 0.29) is 28.1 Å². The third kappa shape index (κ3) is 2.45. The Bertz CT molecular complexity index is 1210. The molecular weight excluding hydrogens is 454 g/mol. The number of fused-ring (bicyclic) bond motifs is 2. The van der Waals surface area contributed by atoms with Gasteiger partial charge in [0.1, 0.15) is 11.7 Å². The highest BCUT2D eigenvalue weighted by Gasteiger charge is 2.83. The summed E-state index contributed by atoms with van der Waals surface area (Å²) in [7, 11) is 1.87. The summed E-state index contributed by atoms with van der Waals surface area (Å²) in [5.41, 5.74) is 3.10. The van der Waals surface area contributed by atoms with Gasteiger partial charge in [-0.15, -0.1) is 0 Å². The third-order valence-electron chi connectivity index (χ3n) is 11.4. The van der Waals surface area contributed by atoms with Crippen molar-refractivity contribution >= 4 is 0 Å². The first kappa shape index (κ1) is 22.0. The molecule has 36 heavy (non-hydrogen) atoms. The largest absolute Gasteiger partial charge is 0.504 e. The van der Waals surface area contributed by atoms with Crippen LogP contribution < -0.4 is 4.74 Å². The summed E-state index contributed by atoms with van der Waals surface area (Å²) in [6, 6.07) is 6.51. The predicted molar refractivity (Wildman–Crippen MR) is 133 cm³/mol. The van der Waals surface area contributed by atoms with E-state index in [2.05, 4.69) is 17.9 Å². The van der Waals surface area contributed by atoms with E-state index in [1.807, 2.05) is 19.2 Å². The monoisotopic (exact) mass is 491 g/mol. The first-order valence-electron chi connectivity index (χ1n) is 13.9. The lowest BCUT2D eigenvalue weighted by atomic mass is 9.32. The summed E-state index contributed by atoms with van der Waals surface area (Å²) in [4.78, 5) is 2.85. The van der Waals surface area contributed by atoms with Gasteiger partial charge in [-0.2, -0.15) is 0 Å². The summed E-state index contributed by atoms with van der Waals surface area (Å²) >= 11 is 0. The van der Waals surface area contributed by atoms with Crippen LogP contribution in [0.15, 0.2) is 35.1 Å². The van der Waals surface area contributed by atoms with Gasteiger partial charge < -0.3 is 23.7 Å². The molecule has 1 aromatic heterocycles. The van der Waals surface area contributed by atoms with Crippen LogP contribution >= 0.6 is 0 Å². The smallest absolute Gasteiger partial charge is 0.165 e. The van der Waals surface area contributed by atoms with Crippen molar-refractivity contribution in [2.45, 2.75) is 81.6 Å². The number of rotatable bonds is 7. The molecular formula is C30H37NO5. The van der Waals surface area contributed by atoms with Gasteiger partial charge in [-0.1, -0.05) is 13.0 Å². The van der Waals surface area contributed by atoms with E-state index in [4.69, 9.17) is 18.6 Å². The maximum Gasteiger partial charge on any atom is 0.165 e. The van der Waals surface area contributed by atoms with Gasteiger partial charge in [0.25, 0.3) is 0 Å². The molecule has 2 aromatic rings. The number of phenolic OH excluding ortho intramolecular Hbond substituents is 1. The Labute approximate surface area is 212 Å². The molecule has 1 N–H and O–H groups in total. The van der Waals surface area contributed by atoms with E-state index in [1.54, 1.807) is 12.5 Å². The van der Waals surface area contributed by atoms with Crippen LogP contribution in [0.3, 0.4) is 0 Å². The number of benzene rings is 1. The Morgan fingerprint density at radius 1 is 1.17 bits per heavy atom. The fraction of sp³-hybridized carbons (Fsp3) is 0.667. The average Bonchev–Trinajstić information content (AvgIpc) is 3.38. The van der Waals surface area contributed by atoms with Crippen molar-refractivity contribution < 1.29 is 23.7 Å². The number of nitrogens with zero attached hydrogens (tertiary/aromatic N) is 1. The minimum atomic E-state index is -0.464. The number of phenols is 1. The van der Waals surface area contributed by atoms with Crippen LogP contribution in [0.4, 0.5) is 0 Å². The zero-order chi connectivity index (χ0) is 24.3. The molecule has 4 saturated carbocycles. The molecule has 3 heterocycles. The lowest BCUT2D eigenvalue weighted by Gasteiger charge is -2.76. The molecule has 6 nitrogen and oxygen atoms in total. The molecule has 7 aliphatic rings. The second-order valence-electron chi connectivity index (χ2n) is 12.9. The van der Waals surface area contributed by atoms with Crippen molar-refractivity contribution in [1.82, 2.24) is 4.90 Å². The first-order chi connectivity index (χ1) is 17.5. The van der Waals surface area contributed by atoms with Crippen LogP contribution in [0.2, 0.25) is 0 Å². The lowest BCUT2D eigenvalue weighted by Crippen LogP contribution is -2.83. The molecule has 4 bridgehead atoms. The lowest BCUT2D eigenvalue weighted by molar-refractivity contribution is -0.314. The Hall–Kier alpha value is -2.02. The fourth-order valence-electron chi connectivity index (χ4n) is 9.91. The van der Waals surface area contributed by atoms with E-state index in [0.717, 1.165) is 55.9 Å². The Morgan fingerprint density at radius 2 is 2.06 bits per heavy atom. The first-order valence-corrected chi connectivity index (χ1v) is 13.9. The van der Waals surface area contributed by atoms with E-state index < -0.39 is 5.60 Å². The normalized spacial score (nSPS) is 41.8. The van der Waals surface area contributed by atoms with Gasteiger partial charge in [-0.25, -0.2) is 0 Å². The molecule has 6 atom stereocenters. The highest BCUT2D eigenvalue weighted by atomic mass is 16.6. The third-order valence-corrected chi connectivity index (χ3v) is 11.4. The quantitative estimate of drug-likeness (QED) is 0.599. The van der Waals surface area contributed by atoms with Crippen LogP contribution in [-0.2, 0) is 27.9 Å². The average molecular weight is 492 g/mol. The summed E-state index contributed by atoms with van der Waals surface area (Å²) in [5, 5.41) is 11.0. The molecule has 6 heteroatoms. The summed E-state index contributed by atoms with van der Waals surface area (Å²) in [6.45, 7) is 5.89. The van der Waals surface area contributed by atoms with Crippen LogP contribution in [-0.4, -0.2) is 54.6 Å². The van der Waals surface area contributed by atoms with Crippen molar-refractivity contribution in [3.05, 3.63) is 47.4 Å². The van der Waals surface area contributed by atoms with Gasteiger partial charge in [0.2, 0.25) is 0 Å². The molecule has 192 valence electrons. The van der Waals surface area contributed by atoms with Crippen molar-refractivity contribution in [2.24, 2.45) is 16.7 Å². The van der Waals surface area contributed by atoms with E-state index in [9.17, 15) is 5.11 Å². The standard InChI is InChI=1S/C30H37NO5/c1-27(18-35-16-20-7-12-34-15-20)17-28-8-9-30(27,33-2)26-29(28)10-11-31(14-19-3-4-19)23(28)13-21-5-6-22(32)25(36-26)24(21)29/h5-7,12,15,19,23,26,32H,3-4,8-11,13-14,16-18H2,1-2H3/t23-,26?,27-,28-,29+,30+/m1/s1. The van der Waals surface area contributed by atoms with Crippen LogP contribution in [0.25, 0.3) is 0 Å². The number of ether oxygens (including phenoxy) is 3. The number of piperidine rings is 1. The van der Waals surface area contributed by atoms with E-state index in [0.29, 0.717) is 19.3 Å². The number of aromatic hydroxyl groups is 1. The van der Waals surface area contributed by atoms with Crippen molar-refractivity contribution in [1.29, 1.82) is 0 Å². The topological polar surface area (TPSA) is 64.3 Å². The number of hydrogen-bond acceptors (Lipinski definition) is 6. The van der Waals surface area contributed by atoms with Crippen molar-refractivity contribution in [3.63, 3.8) is 0 Å². The van der Waals surface area contributed by atoms with Crippen LogP contribution in [0, 0.1) is 16.7 Å². The van der Waals surface area contributed by atoms with Crippen LogP contribution in [0.1, 0.15) is 62.1 Å². The molecule has 0 radical (unpaired) electrons. The molecule has 5 fully saturated rings. The van der Waals surface area contributed by atoms with Crippen molar-refractivity contribution in [3.8, 4) is 11.5 Å². The zero-order valence-electron chi connectivity index (χ0n) is 21.4. The predicted octanol–water partition coefficient (Wildman–Crippen LogP) is 4.82. The SMILES string of the molecule is CO[C@]12CC[C@@]3(C[C@]1(C)COCc1ccoc1)[C@H]1Cc4ccc(O)c5c4[C@@]3(CCN1CC1CC1)C2O5. The zero-order valence-corrected chi connectivity index (χ0v) is 21.4. The number of hydrogen-bond donors (Lipinski definition) is 1. The second kappa shape index (κ2) is 7.09. The number of furan rings is 1.